The molecule has 0 heterocycles. The number of benzene rings is 1. The summed E-state index contributed by atoms with van der Waals surface area (Å²) in [5.74, 6) is 0.529. The minimum atomic E-state index is 0.529. The lowest BCUT2D eigenvalue weighted by Crippen LogP contribution is -2.11. The Bertz CT molecular complexity index is 750. The van der Waals surface area contributed by atoms with Crippen LogP contribution >= 0.6 is 0 Å². The molecule has 172 valence electrons. The summed E-state index contributed by atoms with van der Waals surface area (Å²) in [7, 11) is 0. The van der Waals surface area contributed by atoms with Crippen LogP contribution in [0.4, 0.5) is 0 Å². The van der Waals surface area contributed by atoms with Crippen molar-refractivity contribution in [2.75, 3.05) is 0 Å². The highest BCUT2D eigenvalue weighted by Gasteiger charge is 2.22. The van der Waals surface area contributed by atoms with Gasteiger partial charge in [-0.15, -0.1) is 6.58 Å². The average molecular weight is 421 g/mol. The van der Waals surface area contributed by atoms with Gasteiger partial charge in [-0.05, 0) is 75.1 Å². The second kappa shape index (κ2) is 19.6. The zero-order chi connectivity index (χ0) is 24.2. The molecule has 0 spiro atoms. The first kappa shape index (κ1) is 30.9. The standard InChI is InChI=1S/C23H28.C4H8.2C2H6/c1-6-8-12-21-15-17(3)18(4)16-23(21)19(5)22-14-10-9-13-20(22)11-7-2;1-3-4-2;2*1-2/h6-11,13-14,16,21H,5,12,15H2,1-4H3;3H,1,4H2,2H3;2*1-2H3/b8-6?,11-7-;;;. The van der Waals surface area contributed by atoms with Crippen LogP contribution in [0.3, 0.4) is 0 Å². The largest absolute Gasteiger partial charge is 0.103 e. The first-order valence-corrected chi connectivity index (χ1v) is 12.0. The van der Waals surface area contributed by atoms with Crippen molar-refractivity contribution in [3.05, 3.63) is 95.6 Å². The Hall–Kier alpha value is -2.34. The summed E-state index contributed by atoms with van der Waals surface area (Å²) in [5.41, 5.74) is 7.94. The third-order valence-corrected chi connectivity index (χ3v) is 4.96. The van der Waals surface area contributed by atoms with Crippen molar-refractivity contribution >= 4 is 11.6 Å². The molecular formula is C31H48. The number of allylic oxidation sites excluding steroid dienone is 9. The van der Waals surface area contributed by atoms with Crippen LogP contribution in [0.2, 0.25) is 0 Å². The Labute approximate surface area is 194 Å². The fraction of sp³-hybridized carbons (Fsp3) is 0.419. The van der Waals surface area contributed by atoms with E-state index in [9.17, 15) is 0 Å². The van der Waals surface area contributed by atoms with Crippen molar-refractivity contribution in [2.45, 2.75) is 81.6 Å². The summed E-state index contributed by atoms with van der Waals surface area (Å²) in [6.07, 6.45) is 16.2. The topological polar surface area (TPSA) is 0 Å². The third kappa shape index (κ3) is 11.0. The molecular weight excluding hydrogens is 372 g/mol. The minimum Gasteiger partial charge on any atom is -0.103 e. The van der Waals surface area contributed by atoms with Gasteiger partial charge in [-0.1, -0.05) is 113 Å². The SMILES string of the molecule is C=C(C1=CC(C)=C(C)CC1CC=CC)c1ccccc1/C=C\C.C=CCC.CC.CC. The van der Waals surface area contributed by atoms with Crippen molar-refractivity contribution in [2.24, 2.45) is 5.92 Å². The number of hydrogen-bond acceptors (Lipinski definition) is 0. The van der Waals surface area contributed by atoms with Crippen molar-refractivity contribution in [1.29, 1.82) is 0 Å². The highest BCUT2D eigenvalue weighted by Crippen LogP contribution is 2.39. The summed E-state index contributed by atoms with van der Waals surface area (Å²) in [6.45, 7) is 26.6. The van der Waals surface area contributed by atoms with E-state index < -0.39 is 0 Å². The highest BCUT2D eigenvalue weighted by atomic mass is 14.3. The molecule has 0 heteroatoms. The van der Waals surface area contributed by atoms with Gasteiger partial charge in [0.05, 0.1) is 0 Å². The maximum atomic E-state index is 4.46. The molecule has 1 aliphatic carbocycles. The van der Waals surface area contributed by atoms with Gasteiger partial charge in [-0.25, -0.2) is 0 Å². The molecule has 1 aliphatic rings. The van der Waals surface area contributed by atoms with Gasteiger partial charge in [-0.3, -0.25) is 0 Å². The third-order valence-electron chi connectivity index (χ3n) is 4.96. The first-order chi connectivity index (χ1) is 15.0. The van der Waals surface area contributed by atoms with E-state index in [1.807, 2.05) is 33.8 Å². The van der Waals surface area contributed by atoms with Gasteiger partial charge in [0.25, 0.3) is 0 Å². The smallest absolute Gasteiger partial charge is 0.00840 e. The first-order valence-electron chi connectivity index (χ1n) is 12.0. The zero-order valence-corrected chi connectivity index (χ0v) is 21.9. The van der Waals surface area contributed by atoms with E-state index in [2.05, 4.69) is 102 Å². The molecule has 31 heavy (non-hydrogen) atoms. The average Bonchev–Trinajstić information content (AvgIpc) is 2.82. The summed E-state index contributed by atoms with van der Waals surface area (Å²) < 4.78 is 0. The second-order valence-corrected chi connectivity index (χ2v) is 7.03. The molecule has 0 aromatic heterocycles. The lowest BCUT2D eigenvalue weighted by molar-refractivity contribution is 0.618. The van der Waals surface area contributed by atoms with Crippen LogP contribution in [0.1, 0.15) is 92.7 Å². The summed E-state index contributed by atoms with van der Waals surface area (Å²) >= 11 is 0. The lowest BCUT2D eigenvalue weighted by Gasteiger charge is -2.27. The van der Waals surface area contributed by atoms with E-state index in [0.717, 1.165) is 19.3 Å². The van der Waals surface area contributed by atoms with Gasteiger partial charge < -0.3 is 0 Å². The number of rotatable bonds is 6. The Kier molecular flexibility index (Phi) is 19.5. The quantitative estimate of drug-likeness (QED) is 0.401. The Morgan fingerprint density at radius 1 is 1.03 bits per heavy atom. The summed E-state index contributed by atoms with van der Waals surface area (Å²) in [6, 6.07) is 8.55. The lowest BCUT2D eigenvalue weighted by atomic mass is 9.77. The molecule has 0 aliphatic heterocycles. The monoisotopic (exact) mass is 420 g/mol. The molecule has 1 aromatic carbocycles. The van der Waals surface area contributed by atoms with Gasteiger partial charge in [0.2, 0.25) is 0 Å². The maximum absolute atomic E-state index is 4.46. The molecule has 0 bridgehead atoms. The van der Waals surface area contributed by atoms with Gasteiger partial charge >= 0.3 is 0 Å². The number of hydrogen-bond donors (Lipinski definition) is 0. The van der Waals surface area contributed by atoms with Crippen molar-refractivity contribution in [3.63, 3.8) is 0 Å². The van der Waals surface area contributed by atoms with Gasteiger partial charge in [0.15, 0.2) is 0 Å². The highest BCUT2D eigenvalue weighted by molar-refractivity contribution is 5.83. The van der Waals surface area contributed by atoms with Gasteiger partial charge in [-0.2, -0.15) is 0 Å². The van der Waals surface area contributed by atoms with E-state index in [-0.39, 0.29) is 0 Å². The van der Waals surface area contributed by atoms with E-state index in [1.165, 1.54) is 33.4 Å². The van der Waals surface area contributed by atoms with Crippen LogP contribution in [-0.2, 0) is 0 Å². The molecule has 0 amide bonds. The predicted octanol–water partition coefficient (Wildman–Crippen LogP) is 10.6. The summed E-state index contributed by atoms with van der Waals surface area (Å²) in [4.78, 5) is 0. The molecule has 1 aromatic rings. The Morgan fingerprint density at radius 2 is 1.61 bits per heavy atom. The molecule has 0 saturated carbocycles. The van der Waals surface area contributed by atoms with Gasteiger partial charge in [0, 0.05) is 0 Å². The van der Waals surface area contributed by atoms with Crippen molar-refractivity contribution in [1.82, 2.24) is 0 Å². The molecule has 1 unspecified atom stereocenters. The predicted molar refractivity (Wildman–Crippen MR) is 147 cm³/mol. The molecule has 0 N–H and O–H groups in total. The molecule has 0 saturated heterocycles. The molecule has 1 atom stereocenters. The van der Waals surface area contributed by atoms with Gasteiger partial charge in [0.1, 0.15) is 0 Å². The fourth-order valence-electron chi connectivity index (χ4n) is 3.21. The van der Waals surface area contributed by atoms with Crippen LogP contribution in [0, 0.1) is 5.92 Å². The van der Waals surface area contributed by atoms with E-state index in [4.69, 9.17) is 0 Å². The summed E-state index contributed by atoms with van der Waals surface area (Å²) in [5, 5.41) is 0. The Balaban J connectivity index is 0. The Morgan fingerprint density at radius 3 is 2.13 bits per heavy atom. The van der Waals surface area contributed by atoms with E-state index in [0.29, 0.717) is 5.92 Å². The van der Waals surface area contributed by atoms with Crippen LogP contribution in [0.15, 0.2) is 84.5 Å². The zero-order valence-electron chi connectivity index (χ0n) is 21.9. The fourth-order valence-corrected chi connectivity index (χ4v) is 3.21. The molecule has 0 nitrogen and oxygen atoms in total. The molecule has 0 fully saturated rings. The van der Waals surface area contributed by atoms with E-state index >= 15 is 0 Å². The van der Waals surface area contributed by atoms with Crippen LogP contribution in [0.25, 0.3) is 11.6 Å². The van der Waals surface area contributed by atoms with Crippen molar-refractivity contribution < 1.29 is 0 Å². The van der Waals surface area contributed by atoms with Crippen LogP contribution in [0.5, 0.6) is 0 Å². The van der Waals surface area contributed by atoms with Crippen LogP contribution in [-0.4, -0.2) is 0 Å². The minimum absolute atomic E-state index is 0.529. The normalized spacial score (nSPS) is 15.1. The maximum Gasteiger partial charge on any atom is -0.00840 e. The second-order valence-electron chi connectivity index (χ2n) is 7.03. The molecule has 0 radical (unpaired) electrons. The van der Waals surface area contributed by atoms with Crippen molar-refractivity contribution in [3.8, 4) is 0 Å². The van der Waals surface area contributed by atoms with E-state index in [1.54, 1.807) is 0 Å². The van der Waals surface area contributed by atoms with Crippen LogP contribution < -0.4 is 0 Å². The molecule has 2 rings (SSSR count).